The van der Waals surface area contributed by atoms with Crippen LogP contribution in [0.1, 0.15) is 28.9 Å². The first kappa shape index (κ1) is 19.4. The zero-order valence-corrected chi connectivity index (χ0v) is 16.2. The molecule has 0 unspecified atom stereocenters. The number of hydrogen-bond acceptors (Lipinski definition) is 4. The molecule has 1 atom stereocenters. The Kier molecular flexibility index (Phi) is 5.30. The number of carbonyl (C=O) groups is 1. The van der Waals surface area contributed by atoms with Gasteiger partial charge in [0, 0.05) is 12.2 Å². The second-order valence-electron chi connectivity index (χ2n) is 6.86. The normalized spacial score (nSPS) is 11.8. The van der Waals surface area contributed by atoms with E-state index in [1.807, 2.05) is 31.2 Å². The Balaban J connectivity index is 1.66. The maximum absolute atomic E-state index is 13.2. The number of fused-ring (bicyclic) bond motifs is 1. The lowest BCUT2D eigenvalue weighted by molar-refractivity contribution is 0.0697. The summed E-state index contributed by atoms with van der Waals surface area (Å²) < 4.78 is 19.2. The SMILES string of the molecule is C[C@H](Nc1nccc2cccc(Oc3ccc(F)cc3)c12)c1ccc(C(=O)O)cc1. The number of rotatable bonds is 6. The van der Waals surface area contributed by atoms with Gasteiger partial charge in [-0.15, -0.1) is 0 Å². The lowest BCUT2D eigenvalue weighted by Crippen LogP contribution is -2.09. The second-order valence-corrected chi connectivity index (χ2v) is 6.86. The summed E-state index contributed by atoms with van der Waals surface area (Å²) in [6.45, 7) is 1.97. The Bertz CT molecular complexity index is 1190. The van der Waals surface area contributed by atoms with E-state index in [9.17, 15) is 9.18 Å². The largest absolute Gasteiger partial charge is 0.478 e. The van der Waals surface area contributed by atoms with E-state index in [0.717, 1.165) is 16.3 Å². The van der Waals surface area contributed by atoms with Gasteiger partial charge in [-0.3, -0.25) is 0 Å². The van der Waals surface area contributed by atoms with Crippen molar-refractivity contribution in [3.8, 4) is 11.5 Å². The summed E-state index contributed by atoms with van der Waals surface area (Å²) in [5.74, 6) is 0.478. The van der Waals surface area contributed by atoms with Crippen LogP contribution in [-0.2, 0) is 0 Å². The highest BCUT2D eigenvalue weighted by Crippen LogP contribution is 2.35. The predicted octanol–water partition coefficient (Wildman–Crippen LogP) is 6.04. The number of benzene rings is 3. The Hall–Kier alpha value is -3.93. The molecule has 4 aromatic rings. The third-order valence-corrected chi connectivity index (χ3v) is 4.81. The van der Waals surface area contributed by atoms with Crippen molar-refractivity contribution in [2.45, 2.75) is 13.0 Å². The minimum Gasteiger partial charge on any atom is -0.478 e. The molecule has 150 valence electrons. The van der Waals surface area contributed by atoms with Crippen molar-refractivity contribution >= 4 is 22.6 Å². The van der Waals surface area contributed by atoms with Crippen molar-refractivity contribution in [2.24, 2.45) is 0 Å². The highest BCUT2D eigenvalue weighted by atomic mass is 19.1. The van der Waals surface area contributed by atoms with Gasteiger partial charge in [-0.25, -0.2) is 14.2 Å². The van der Waals surface area contributed by atoms with Crippen molar-refractivity contribution in [3.05, 3.63) is 95.9 Å². The zero-order valence-electron chi connectivity index (χ0n) is 16.2. The molecule has 0 aliphatic heterocycles. The van der Waals surface area contributed by atoms with E-state index in [0.29, 0.717) is 17.3 Å². The molecule has 0 spiro atoms. The first-order valence-corrected chi connectivity index (χ1v) is 9.42. The topological polar surface area (TPSA) is 71.5 Å². The van der Waals surface area contributed by atoms with Crippen LogP contribution in [0.25, 0.3) is 10.8 Å². The third kappa shape index (κ3) is 4.07. The lowest BCUT2D eigenvalue weighted by Gasteiger charge is -2.18. The molecule has 0 aliphatic carbocycles. The van der Waals surface area contributed by atoms with Crippen LogP contribution in [0, 0.1) is 5.82 Å². The van der Waals surface area contributed by atoms with Gasteiger partial charge in [-0.1, -0.05) is 24.3 Å². The van der Waals surface area contributed by atoms with Crippen LogP contribution < -0.4 is 10.1 Å². The molecule has 4 rings (SSSR count). The second kappa shape index (κ2) is 8.21. The number of carboxylic acids is 1. The fourth-order valence-corrected chi connectivity index (χ4v) is 3.22. The average molecular weight is 402 g/mol. The number of hydrogen-bond donors (Lipinski definition) is 2. The standard InChI is InChI=1S/C24H19FN2O3/c1-15(16-5-7-18(8-6-16)24(28)29)27-23-22-17(13-14-26-23)3-2-4-21(22)30-20-11-9-19(25)10-12-20/h2-15H,1H3,(H,26,27)(H,28,29)/t15-/m0/s1. The quantitative estimate of drug-likeness (QED) is 0.412. The summed E-state index contributed by atoms with van der Waals surface area (Å²) >= 11 is 0. The molecule has 30 heavy (non-hydrogen) atoms. The maximum atomic E-state index is 13.2. The third-order valence-electron chi connectivity index (χ3n) is 4.81. The van der Waals surface area contributed by atoms with Crippen molar-refractivity contribution in [3.63, 3.8) is 0 Å². The van der Waals surface area contributed by atoms with E-state index in [1.54, 1.807) is 42.6 Å². The van der Waals surface area contributed by atoms with Crippen LogP contribution >= 0.6 is 0 Å². The predicted molar refractivity (Wildman–Crippen MR) is 114 cm³/mol. The molecule has 0 amide bonds. The summed E-state index contributed by atoms with van der Waals surface area (Å²) in [7, 11) is 0. The van der Waals surface area contributed by atoms with Crippen LogP contribution in [0.2, 0.25) is 0 Å². The van der Waals surface area contributed by atoms with E-state index in [2.05, 4.69) is 10.3 Å². The summed E-state index contributed by atoms with van der Waals surface area (Å²) in [6, 6.07) is 20.0. The molecule has 1 aromatic heterocycles. The molecule has 0 aliphatic rings. The van der Waals surface area contributed by atoms with Gasteiger partial charge in [0.25, 0.3) is 0 Å². The van der Waals surface area contributed by atoms with Crippen LogP contribution in [0.15, 0.2) is 79.0 Å². The van der Waals surface area contributed by atoms with E-state index < -0.39 is 5.97 Å². The van der Waals surface area contributed by atoms with Crippen molar-refractivity contribution in [2.75, 3.05) is 5.32 Å². The number of nitrogens with one attached hydrogen (secondary N) is 1. The number of ether oxygens (including phenoxy) is 1. The van der Waals surface area contributed by atoms with Crippen LogP contribution in [0.3, 0.4) is 0 Å². The van der Waals surface area contributed by atoms with E-state index in [-0.39, 0.29) is 17.4 Å². The van der Waals surface area contributed by atoms with Crippen molar-refractivity contribution < 1.29 is 19.0 Å². The Labute approximate surface area is 172 Å². The summed E-state index contributed by atoms with van der Waals surface area (Å²) in [5.41, 5.74) is 1.17. The number of halogens is 1. The van der Waals surface area contributed by atoms with E-state index in [4.69, 9.17) is 9.84 Å². The summed E-state index contributed by atoms with van der Waals surface area (Å²) in [6.07, 6.45) is 1.71. The van der Waals surface area contributed by atoms with Crippen LogP contribution in [0.4, 0.5) is 10.2 Å². The van der Waals surface area contributed by atoms with Gasteiger partial charge in [0.15, 0.2) is 0 Å². The molecular formula is C24H19FN2O3. The fraction of sp³-hybridized carbons (Fsp3) is 0.0833. The van der Waals surface area contributed by atoms with Crippen molar-refractivity contribution in [1.29, 1.82) is 0 Å². The van der Waals surface area contributed by atoms with Gasteiger partial charge in [0.1, 0.15) is 23.1 Å². The van der Waals surface area contributed by atoms with Gasteiger partial charge in [-0.05, 0) is 66.4 Å². The van der Waals surface area contributed by atoms with E-state index in [1.165, 1.54) is 12.1 Å². The molecule has 5 nitrogen and oxygen atoms in total. The van der Waals surface area contributed by atoms with Gasteiger partial charge in [0.05, 0.1) is 10.9 Å². The number of aromatic carboxylic acids is 1. The number of carboxylic acid groups (broad SMARTS) is 1. The minimum atomic E-state index is -0.958. The molecule has 0 saturated carbocycles. The monoisotopic (exact) mass is 402 g/mol. The van der Waals surface area contributed by atoms with Crippen LogP contribution in [-0.4, -0.2) is 16.1 Å². The molecule has 0 bridgehead atoms. The number of pyridine rings is 1. The van der Waals surface area contributed by atoms with Crippen molar-refractivity contribution in [1.82, 2.24) is 4.98 Å². The summed E-state index contributed by atoms with van der Waals surface area (Å²) in [4.78, 5) is 15.6. The summed E-state index contributed by atoms with van der Waals surface area (Å²) in [5, 5.41) is 14.2. The molecule has 6 heteroatoms. The molecule has 0 saturated heterocycles. The first-order valence-electron chi connectivity index (χ1n) is 9.42. The Morgan fingerprint density at radius 1 is 1.03 bits per heavy atom. The van der Waals surface area contributed by atoms with Gasteiger partial charge in [-0.2, -0.15) is 0 Å². The van der Waals surface area contributed by atoms with Crippen LogP contribution in [0.5, 0.6) is 11.5 Å². The highest BCUT2D eigenvalue weighted by molar-refractivity contribution is 5.97. The maximum Gasteiger partial charge on any atom is 0.335 e. The molecule has 2 N–H and O–H groups in total. The highest BCUT2D eigenvalue weighted by Gasteiger charge is 2.14. The number of nitrogens with zero attached hydrogens (tertiary/aromatic N) is 1. The van der Waals surface area contributed by atoms with Gasteiger partial charge >= 0.3 is 5.97 Å². The molecule has 0 fully saturated rings. The Morgan fingerprint density at radius 2 is 1.77 bits per heavy atom. The number of aromatic nitrogens is 1. The Morgan fingerprint density at radius 3 is 2.47 bits per heavy atom. The lowest BCUT2D eigenvalue weighted by atomic mass is 10.1. The minimum absolute atomic E-state index is 0.121. The van der Waals surface area contributed by atoms with Gasteiger partial charge < -0.3 is 15.2 Å². The fourth-order valence-electron chi connectivity index (χ4n) is 3.22. The molecule has 0 radical (unpaired) electrons. The van der Waals surface area contributed by atoms with Gasteiger partial charge in [0.2, 0.25) is 0 Å². The smallest absolute Gasteiger partial charge is 0.335 e. The first-order chi connectivity index (χ1) is 14.5. The molecule has 1 heterocycles. The van der Waals surface area contributed by atoms with E-state index >= 15 is 0 Å². The molecule has 3 aromatic carbocycles. The number of anilines is 1. The molecular weight excluding hydrogens is 383 g/mol. The zero-order chi connectivity index (χ0) is 21.1. The average Bonchev–Trinajstić information content (AvgIpc) is 2.75.